The molecule has 0 fully saturated rings. The van der Waals surface area contributed by atoms with Crippen molar-refractivity contribution in [1.29, 1.82) is 0 Å². The molecule has 1 aromatic heterocycles. The summed E-state index contributed by atoms with van der Waals surface area (Å²) < 4.78 is 11.4. The van der Waals surface area contributed by atoms with Crippen molar-refractivity contribution in [2.75, 3.05) is 7.11 Å². The maximum atomic E-state index is 10.5. The van der Waals surface area contributed by atoms with Crippen LogP contribution in [0.3, 0.4) is 0 Å². The van der Waals surface area contributed by atoms with E-state index in [0.717, 1.165) is 15.8 Å². The molecule has 0 bridgehead atoms. The Morgan fingerprint density at radius 1 is 1.31 bits per heavy atom. The number of aldehydes is 1. The summed E-state index contributed by atoms with van der Waals surface area (Å²) in [6.07, 6.45) is 0.678. The summed E-state index contributed by atoms with van der Waals surface area (Å²) in [5.74, 6) is 1.68. The minimum atomic E-state index is 0.310. The number of rotatable bonds is 3. The van der Waals surface area contributed by atoms with Crippen molar-refractivity contribution >= 4 is 22.2 Å². The zero-order chi connectivity index (χ0) is 11.5. The molecule has 0 spiro atoms. The number of hydrogen-bond donors (Lipinski definition) is 0. The predicted molar refractivity (Wildman–Crippen MR) is 63.8 cm³/mol. The van der Waals surface area contributed by atoms with Gasteiger partial charge in [-0.1, -0.05) is 15.9 Å². The largest absolute Gasteiger partial charge is 0.497 e. The van der Waals surface area contributed by atoms with Gasteiger partial charge in [-0.25, -0.2) is 0 Å². The molecule has 0 aliphatic heterocycles. The molecule has 1 heterocycles. The van der Waals surface area contributed by atoms with E-state index in [1.165, 1.54) is 0 Å². The average Bonchev–Trinajstić information content (AvgIpc) is 2.78. The number of carbonyl (C=O) groups excluding carboxylic acids is 1. The van der Waals surface area contributed by atoms with Crippen LogP contribution in [0.5, 0.6) is 5.75 Å². The van der Waals surface area contributed by atoms with E-state index in [4.69, 9.17) is 9.15 Å². The van der Waals surface area contributed by atoms with E-state index >= 15 is 0 Å². The fourth-order valence-electron chi connectivity index (χ4n) is 1.38. The molecule has 0 radical (unpaired) electrons. The molecule has 1 aromatic carbocycles. The van der Waals surface area contributed by atoms with Gasteiger partial charge in [0.05, 0.1) is 7.11 Å². The zero-order valence-electron chi connectivity index (χ0n) is 8.57. The normalized spacial score (nSPS) is 10.1. The van der Waals surface area contributed by atoms with Crippen molar-refractivity contribution in [2.45, 2.75) is 0 Å². The van der Waals surface area contributed by atoms with Crippen LogP contribution in [0.4, 0.5) is 0 Å². The Morgan fingerprint density at radius 3 is 2.75 bits per heavy atom. The third-order valence-corrected chi connectivity index (χ3v) is 2.87. The van der Waals surface area contributed by atoms with E-state index in [0.29, 0.717) is 17.8 Å². The van der Waals surface area contributed by atoms with Gasteiger partial charge in [-0.05, 0) is 30.3 Å². The Bertz CT molecular complexity index is 517. The SMILES string of the molecule is COc1ccc(Br)c(-c2ccc(C=O)o2)c1. The Morgan fingerprint density at radius 2 is 2.12 bits per heavy atom. The maximum absolute atomic E-state index is 10.5. The minimum Gasteiger partial charge on any atom is -0.497 e. The second kappa shape index (κ2) is 4.53. The highest BCUT2D eigenvalue weighted by Gasteiger charge is 2.09. The summed E-state index contributed by atoms with van der Waals surface area (Å²) in [5.41, 5.74) is 0.854. The molecule has 0 aliphatic rings. The number of carbonyl (C=O) groups is 1. The van der Waals surface area contributed by atoms with E-state index < -0.39 is 0 Å². The fraction of sp³-hybridized carbons (Fsp3) is 0.0833. The lowest BCUT2D eigenvalue weighted by Crippen LogP contribution is -1.84. The molecule has 0 saturated carbocycles. The molecule has 0 amide bonds. The number of ether oxygens (including phenoxy) is 1. The summed E-state index contributed by atoms with van der Waals surface area (Å²) in [4.78, 5) is 10.5. The van der Waals surface area contributed by atoms with E-state index in [2.05, 4.69) is 15.9 Å². The molecule has 0 N–H and O–H groups in total. The Balaban J connectivity index is 2.49. The van der Waals surface area contributed by atoms with Crippen molar-refractivity contribution in [3.8, 4) is 17.1 Å². The van der Waals surface area contributed by atoms with Crippen molar-refractivity contribution < 1.29 is 13.9 Å². The lowest BCUT2D eigenvalue weighted by molar-refractivity contribution is 0.110. The van der Waals surface area contributed by atoms with Crippen molar-refractivity contribution in [1.82, 2.24) is 0 Å². The maximum Gasteiger partial charge on any atom is 0.185 e. The van der Waals surface area contributed by atoms with Crippen molar-refractivity contribution in [2.24, 2.45) is 0 Å². The Kier molecular flexibility index (Phi) is 3.10. The quantitative estimate of drug-likeness (QED) is 0.808. The number of hydrogen-bond acceptors (Lipinski definition) is 3. The molecule has 16 heavy (non-hydrogen) atoms. The van der Waals surface area contributed by atoms with Crippen molar-refractivity contribution in [3.63, 3.8) is 0 Å². The molecule has 0 aliphatic carbocycles. The third kappa shape index (κ3) is 2.02. The van der Waals surface area contributed by atoms with Crippen LogP contribution in [-0.4, -0.2) is 13.4 Å². The number of furan rings is 1. The van der Waals surface area contributed by atoms with Gasteiger partial charge in [-0.15, -0.1) is 0 Å². The Hall–Kier alpha value is -1.55. The summed E-state index contributed by atoms with van der Waals surface area (Å²) in [5, 5.41) is 0. The summed E-state index contributed by atoms with van der Waals surface area (Å²) in [7, 11) is 1.60. The predicted octanol–water partition coefficient (Wildman–Crippen LogP) is 3.53. The molecule has 82 valence electrons. The molecule has 3 nitrogen and oxygen atoms in total. The first kappa shape index (κ1) is 11.0. The molecule has 2 aromatic rings. The summed E-state index contributed by atoms with van der Waals surface area (Å²) >= 11 is 3.42. The highest BCUT2D eigenvalue weighted by Crippen LogP contribution is 2.32. The highest BCUT2D eigenvalue weighted by atomic mass is 79.9. The van der Waals surface area contributed by atoms with Gasteiger partial charge in [0, 0.05) is 10.0 Å². The van der Waals surface area contributed by atoms with Crippen LogP contribution < -0.4 is 4.74 Å². The fourth-order valence-corrected chi connectivity index (χ4v) is 1.82. The molecule has 2 rings (SSSR count). The van der Waals surface area contributed by atoms with Gasteiger partial charge in [0.25, 0.3) is 0 Å². The highest BCUT2D eigenvalue weighted by molar-refractivity contribution is 9.10. The topological polar surface area (TPSA) is 39.4 Å². The van der Waals surface area contributed by atoms with Crippen LogP contribution in [0.1, 0.15) is 10.6 Å². The number of benzene rings is 1. The first-order valence-corrected chi connectivity index (χ1v) is 5.43. The number of halogens is 1. The van der Waals surface area contributed by atoms with Crippen LogP contribution in [-0.2, 0) is 0 Å². The first-order chi connectivity index (χ1) is 7.74. The zero-order valence-corrected chi connectivity index (χ0v) is 10.2. The monoisotopic (exact) mass is 280 g/mol. The van der Waals surface area contributed by atoms with Crippen LogP contribution in [0, 0.1) is 0 Å². The lowest BCUT2D eigenvalue weighted by atomic mass is 10.1. The molecular weight excluding hydrogens is 272 g/mol. The molecular formula is C12H9BrO3. The molecule has 4 heteroatoms. The minimum absolute atomic E-state index is 0.310. The van der Waals surface area contributed by atoms with Crippen LogP contribution in [0.2, 0.25) is 0 Å². The van der Waals surface area contributed by atoms with E-state index in [-0.39, 0.29) is 0 Å². The van der Waals surface area contributed by atoms with Gasteiger partial charge in [-0.3, -0.25) is 4.79 Å². The number of methoxy groups -OCH3 is 1. The second-order valence-electron chi connectivity index (χ2n) is 3.17. The van der Waals surface area contributed by atoms with Crippen LogP contribution >= 0.6 is 15.9 Å². The Labute approximate surface area is 101 Å². The molecule has 0 saturated heterocycles. The first-order valence-electron chi connectivity index (χ1n) is 4.63. The summed E-state index contributed by atoms with van der Waals surface area (Å²) in [6, 6.07) is 8.95. The van der Waals surface area contributed by atoms with Gasteiger partial charge >= 0.3 is 0 Å². The van der Waals surface area contributed by atoms with Crippen molar-refractivity contribution in [3.05, 3.63) is 40.6 Å². The van der Waals surface area contributed by atoms with Crippen LogP contribution in [0.25, 0.3) is 11.3 Å². The van der Waals surface area contributed by atoms with Gasteiger partial charge < -0.3 is 9.15 Å². The van der Waals surface area contributed by atoms with Gasteiger partial charge in [0.2, 0.25) is 0 Å². The second-order valence-corrected chi connectivity index (χ2v) is 4.02. The third-order valence-electron chi connectivity index (χ3n) is 2.18. The average molecular weight is 281 g/mol. The van der Waals surface area contributed by atoms with E-state index in [9.17, 15) is 4.79 Å². The summed E-state index contributed by atoms with van der Waals surface area (Å²) in [6.45, 7) is 0. The van der Waals surface area contributed by atoms with Gasteiger partial charge in [0.15, 0.2) is 12.0 Å². The van der Waals surface area contributed by atoms with E-state index in [1.54, 1.807) is 19.2 Å². The standard InChI is InChI=1S/C12H9BrO3/c1-15-8-2-4-11(13)10(6-8)12-5-3-9(7-14)16-12/h2-7H,1H3. The van der Waals surface area contributed by atoms with Gasteiger partial charge in [0.1, 0.15) is 11.5 Å². The molecule has 0 unspecified atom stereocenters. The van der Waals surface area contributed by atoms with Gasteiger partial charge in [-0.2, -0.15) is 0 Å². The smallest absolute Gasteiger partial charge is 0.185 e. The molecule has 0 atom stereocenters. The lowest BCUT2D eigenvalue weighted by Gasteiger charge is -2.04. The van der Waals surface area contributed by atoms with E-state index in [1.807, 2.05) is 18.2 Å². The van der Waals surface area contributed by atoms with Crippen LogP contribution in [0.15, 0.2) is 39.2 Å².